The van der Waals surface area contributed by atoms with Crippen LogP contribution in [0.5, 0.6) is 0 Å². The molecule has 0 radical (unpaired) electrons. The van der Waals surface area contributed by atoms with Gasteiger partial charge in [-0.15, -0.1) is 0 Å². The topological polar surface area (TPSA) is 163 Å². The third kappa shape index (κ3) is 37.7. The molecule has 1 fully saturated rings. The molecule has 14 heteroatoms. The molecule has 0 bridgehead atoms. The first-order valence-electron chi connectivity index (χ1n) is 42.5. The van der Waals surface area contributed by atoms with Crippen molar-refractivity contribution in [1.82, 2.24) is 5.32 Å². The van der Waals surface area contributed by atoms with E-state index in [4.69, 9.17) is 42.6 Å². The Bertz CT molecular complexity index is 3240. The van der Waals surface area contributed by atoms with Gasteiger partial charge in [0.1, 0.15) is 30.5 Å². The average molecular weight is 1500 g/mol. The van der Waals surface area contributed by atoms with Gasteiger partial charge >= 0.3 is 17.9 Å². The number of esters is 3. The summed E-state index contributed by atoms with van der Waals surface area (Å²) >= 11 is 0. The molecule has 0 unspecified atom stereocenters. The van der Waals surface area contributed by atoms with E-state index in [2.05, 4.69) is 19.2 Å². The lowest BCUT2D eigenvalue weighted by atomic mass is 9.97. The van der Waals surface area contributed by atoms with Gasteiger partial charge in [-0.25, -0.2) is 9.59 Å². The molecular weight excluding hydrogens is 1360 g/mol. The lowest BCUT2D eigenvalue weighted by Crippen LogP contribution is -2.63. The van der Waals surface area contributed by atoms with Crippen LogP contribution in [0.1, 0.15) is 301 Å². The van der Waals surface area contributed by atoms with Gasteiger partial charge in [-0.05, 0) is 72.2 Å². The molecule has 9 atom stereocenters. The van der Waals surface area contributed by atoms with E-state index in [1.54, 1.807) is 48.5 Å². The molecule has 14 nitrogen and oxygen atoms in total. The molecule has 1 aliphatic heterocycles. The van der Waals surface area contributed by atoms with Crippen LogP contribution in [0.2, 0.25) is 0 Å². The largest absolute Gasteiger partial charge is 0.455 e. The first-order valence-corrected chi connectivity index (χ1v) is 42.5. The van der Waals surface area contributed by atoms with E-state index in [1.165, 1.54) is 167 Å². The normalized spacial score (nSPS) is 16.7. The fourth-order valence-electron chi connectivity index (χ4n) is 14.6. The zero-order chi connectivity index (χ0) is 76.7. The van der Waals surface area contributed by atoms with Crippen LogP contribution in [0, 0.1) is 0 Å². The van der Waals surface area contributed by atoms with Gasteiger partial charge in [0, 0.05) is 6.92 Å². The van der Waals surface area contributed by atoms with E-state index in [0.717, 1.165) is 73.6 Å². The van der Waals surface area contributed by atoms with Crippen molar-refractivity contribution in [2.24, 2.45) is 0 Å². The molecule has 1 amide bonds. The Morgan fingerprint density at radius 2 is 0.688 bits per heavy atom. The molecule has 6 aromatic rings. The van der Waals surface area contributed by atoms with Crippen molar-refractivity contribution in [2.45, 2.75) is 340 Å². The number of hydrogen-bond donors (Lipinski definition) is 1. The number of carbonyl (C=O) groups excluding carboxylic acids is 4. The summed E-state index contributed by atoms with van der Waals surface area (Å²) in [5.41, 5.74) is 4.26. The predicted octanol–water partition coefficient (Wildman–Crippen LogP) is 23.0. The minimum Gasteiger partial charge on any atom is -0.455 e. The molecule has 0 aliphatic carbocycles. The Morgan fingerprint density at radius 3 is 1.07 bits per heavy atom. The van der Waals surface area contributed by atoms with E-state index in [-0.39, 0.29) is 51.4 Å². The van der Waals surface area contributed by atoms with Crippen molar-refractivity contribution in [1.29, 1.82) is 0 Å². The maximum absolute atomic E-state index is 15.5. The molecule has 598 valence electrons. The summed E-state index contributed by atoms with van der Waals surface area (Å²) in [5, 5.41) is 3.23. The Kier molecular flexibility index (Phi) is 46.7. The number of rotatable bonds is 62. The average Bonchev–Trinajstić information content (AvgIpc) is 0.785. The molecule has 1 aliphatic rings. The van der Waals surface area contributed by atoms with Crippen LogP contribution in [0.25, 0.3) is 0 Å². The van der Waals surface area contributed by atoms with E-state index in [0.29, 0.717) is 18.4 Å². The van der Waals surface area contributed by atoms with Crippen molar-refractivity contribution in [3.8, 4) is 0 Å². The number of unbranched alkanes of at least 4 members (excludes halogenated alkanes) is 33. The maximum atomic E-state index is 15.5. The highest BCUT2D eigenvalue weighted by Gasteiger charge is 2.50. The molecule has 0 saturated carbocycles. The molecule has 1 N–H and O–H groups in total. The highest BCUT2D eigenvalue weighted by molar-refractivity contribution is 5.90. The van der Waals surface area contributed by atoms with Crippen molar-refractivity contribution in [2.75, 3.05) is 13.2 Å². The molecule has 0 spiro atoms. The highest BCUT2D eigenvalue weighted by atomic mass is 16.7. The van der Waals surface area contributed by atoms with Crippen LogP contribution in [-0.2, 0) is 78.6 Å². The monoisotopic (exact) mass is 1500 g/mol. The van der Waals surface area contributed by atoms with E-state index in [9.17, 15) is 14.4 Å². The quantitative estimate of drug-likeness (QED) is 0.0218. The minimum atomic E-state index is -1.39. The van der Waals surface area contributed by atoms with Crippen molar-refractivity contribution >= 4 is 23.8 Å². The van der Waals surface area contributed by atoms with Gasteiger partial charge in [-0.2, -0.15) is 0 Å². The summed E-state index contributed by atoms with van der Waals surface area (Å²) in [6, 6.07) is 55.7. The van der Waals surface area contributed by atoms with Gasteiger partial charge < -0.3 is 47.9 Å². The summed E-state index contributed by atoms with van der Waals surface area (Å²) in [4.78, 5) is 58.4. The third-order valence-corrected chi connectivity index (χ3v) is 20.9. The number of nitrogens with one attached hydrogen (secondary N) is 1. The predicted molar refractivity (Wildman–Crippen MR) is 437 cm³/mol. The lowest BCUT2D eigenvalue weighted by molar-refractivity contribution is -0.329. The zero-order valence-corrected chi connectivity index (χ0v) is 66.7. The summed E-state index contributed by atoms with van der Waals surface area (Å²) in [6.45, 7) is 6.27. The second-order valence-corrected chi connectivity index (χ2v) is 30.2. The Labute approximate surface area is 655 Å². The maximum Gasteiger partial charge on any atom is 0.338 e. The van der Waals surface area contributed by atoms with Crippen LogP contribution >= 0.6 is 0 Å². The Hall–Kier alpha value is -7.04. The number of carbonyl (C=O) groups is 4. The summed E-state index contributed by atoms with van der Waals surface area (Å²) in [6.07, 6.45) is 34.2. The van der Waals surface area contributed by atoms with Crippen LogP contribution in [0.15, 0.2) is 182 Å². The first kappa shape index (κ1) is 89.2. The van der Waals surface area contributed by atoms with Gasteiger partial charge in [0.25, 0.3) is 5.91 Å². The Morgan fingerprint density at radius 1 is 0.358 bits per heavy atom. The van der Waals surface area contributed by atoms with E-state index < -0.39 is 85.5 Å². The summed E-state index contributed by atoms with van der Waals surface area (Å²) < 4.78 is 61.7. The van der Waals surface area contributed by atoms with Crippen LogP contribution in [-0.4, -0.2) is 92.1 Å². The molecular formula is C95H135NO13. The minimum absolute atomic E-state index is 0.0442. The Balaban J connectivity index is 1.16. The molecule has 0 aromatic heterocycles. The second kappa shape index (κ2) is 57.1. The molecule has 7 rings (SSSR count). The van der Waals surface area contributed by atoms with Gasteiger partial charge in [0.05, 0.1) is 56.8 Å². The van der Waals surface area contributed by atoms with Crippen molar-refractivity contribution < 1.29 is 61.8 Å². The fraction of sp³-hybridized carbons (Fsp3) is 0.579. The number of amides is 1. The first-order chi connectivity index (χ1) is 53.7. The van der Waals surface area contributed by atoms with Gasteiger partial charge in [-0.1, -0.05) is 383 Å². The standard InChI is InChI=1S/C95H135NO13/c1-4-6-8-10-12-14-16-18-19-20-21-22-23-24-25-26-28-30-32-34-36-56-70-86(106-77(3)97)92(98)96-84(88(109-94(100)83-67-53-42-54-68-83)85(107-93(99)82-65-51-41-52-66-82)69-55-35-33-31-29-27-17-15-13-11-9-7-5-2)75-105-95-91(104-74-81-63-49-40-50-64-81)90(103-73-80-61-47-39-48-62-80)89(102-72-79-59-45-38-46-60-79)87(108-95)76-101-71-78-57-43-37-44-58-78/h37-54,57-68,84-91,95H,4-36,55-56,69-76H2,1-3H3,(H,96,98)/t84-,85+,86+,87+,88-,89-,90-,91+,95-/m0/s1. The molecule has 6 aromatic carbocycles. The summed E-state index contributed by atoms with van der Waals surface area (Å²) in [5.74, 6) is -2.56. The van der Waals surface area contributed by atoms with E-state index >= 15 is 4.79 Å². The molecule has 109 heavy (non-hydrogen) atoms. The van der Waals surface area contributed by atoms with Crippen LogP contribution < -0.4 is 5.32 Å². The van der Waals surface area contributed by atoms with Crippen LogP contribution in [0.4, 0.5) is 0 Å². The van der Waals surface area contributed by atoms with Gasteiger partial charge in [-0.3, -0.25) is 9.59 Å². The van der Waals surface area contributed by atoms with E-state index in [1.807, 2.05) is 133 Å². The van der Waals surface area contributed by atoms with Gasteiger partial charge in [0.15, 0.2) is 18.5 Å². The lowest BCUT2D eigenvalue weighted by Gasteiger charge is -2.46. The zero-order valence-electron chi connectivity index (χ0n) is 66.7. The molecule has 1 heterocycles. The van der Waals surface area contributed by atoms with Gasteiger partial charge in [0.2, 0.25) is 0 Å². The smallest absolute Gasteiger partial charge is 0.338 e. The fourth-order valence-corrected chi connectivity index (χ4v) is 14.6. The third-order valence-electron chi connectivity index (χ3n) is 20.9. The second-order valence-electron chi connectivity index (χ2n) is 30.2. The highest BCUT2D eigenvalue weighted by Crippen LogP contribution is 2.33. The molecule has 1 saturated heterocycles. The van der Waals surface area contributed by atoms with Crippen molar-refractivity contribution in [3.63, 3.8) is 0 Å². The van der Waals surface area contributed by atoms with Crippen molar-refractivity contribution in [3.05, 3.63) is 215 Å². The van der Waals surface area contributed by atoms with Crippen LogP contribution in [0.3, 0.4) is 0 Å². The summed E-state index contributed by atoms with van der Waals surface area (Å²) in [7, 11) is 0. The number of benzene rings is 6. The number of hydrogen-bond acceptors (Lipinski definition) is 13. The number of ether oxygens (including phenoxy) is 9. The SMILES string of the molecule is CCCCCCCCCCCCCCCCCCCCCCCC[C@@H](OC(C)=O)C(=O)N[C@@H](CO[C@H]1O[C@H](COCc2ccccc2)[C@H](OCc2ccccc2)[C@H](OCc2ccccc2)[C@H]1OCc1ccccc1)[C@H](OC(=O)c1ccccc1)[C@@H](CCCCCCCCCCCCCCC)OC(=O)c1ccccc1.